The van der Waals surface area contributed by atoms with E-state index in [1.165, 1.54) is 29.3 Å². The van der Waals surface area contributed by atoms with Crippen molar-refractivity contribution in [2.75, 3.05) is 31.6 Å². The summed E-state index contributed by atoms with van der Waals surface area (Å²) in [6.45, 7) is 3.48. The first-order valence-electron chi connectivity index (χ1n) is 9.49. The molecule has 1 aromatic carbocycles. The van der Waals surface area contributed by atoms with Crippen LogP contribution in [0, 0.1) is 5.92 Å². The largest absolute Gasteiger partial charge is 0.379 e. The molecule has 28 heavy (non-hydrogen) atoms. The highest BCUT2D eigenvalue weighted by molar-refractivity contribution is 7.89. The number of hydrogen-bond acceptors (Lipinski definition) is 5. The molecular weight excluding hydrogens is 380 g/mol. The number of nitrogens with zero attached hydrogens (tertiary/aromatic N) is 3. The number of morpholine rings is 1. The van der Waals surface area contributed by atoms with Crippen molar-refractivity contribution in [3.63, 3.8) is 0 Å². The van der Waals surface area contributed by atoms with Gasteiger partial charge in [-0.1, -0.05) is 6.07 Å². The summed E-state index contributed by atoms with van der Waals surface area (Å²) in [5, 5.41) is 7.19. The second-order valence-electron chi connectivity index (χ2n) is 7.24. The Hall–Kier alpha value is -2.23. The van der Waals surface area contributed by atoms with E-state index in [1.54, 1.807) is 24.4 Å². The second kappa shape index (κ2) is 7.65. The standard InChI is InChI=1S/C19H24N4O4S/c1-14(15-5-6-15)23-18(7-8-20-23)21-19(24)16-3-2-4-17(13-16)28(25,26)22-9-11-27-12-10-22/h2-4,7-8,13-15H,5-6,9-12H2,1H3,(H,21,24)/t14-/m0/s1. The van der Waals surface area contributed by atoms with Gasteiger partial charge in [0.25, 0.3) is 5.91 Å². The topological polar surface area (TPSA) is 93.5 Å². The summed E-state index contributed by atoms with van der Waals surface area (Å²) in [5.74, 6) is 0.854. The summed E-state index contributed by atoms with van der Waals surface area (Å²) in [6.07, 6.45) is 4.01. The van der Waals surface area contributed by atoms with Crippen LogP contribution in [0.1, 0.15) is 36.2 Å². The molecule has 0 unspecified atom stereocenters. The summed E-state index contributed by atoms with van der Waals surface area (Å²) in [7, 11) is -3.65. The first-order valence-corrected chi connectivity index (χ1v) is 10.9. The summed E-state index contributed by atoms with van der Waals surface area (Å²) >= 11 is 0. The summed E-state index contributed by atoms with van der Waals surface area (Å²) < 4.78 is 34.1. The number of carbonyl (C=O) groups excluding carboxylic acids is 1. The molecule has 1 saturated carbocycles. The molecule has 9 heteroatoms. The molecule has 2 aromatic rings. The van der Waals surface area contributed by atoms with Gasteiger partial charge in [0.1, 0.15) is 5.82 Å². The molecule has 1 atom stereocenters. The molecule has 1 aliphatic carbocycles. The number of aromatic nitrogens is 2. The third-order valence-corrected chi connectivity index (χ3v) is 7.20. The van der Waals surface area contributed by atoms with E-state index in [9.17, 15) is 13.2 Å². The van der Waals surface area contributed by atoms with E-state index in [4.69, 9.17) is 4.74 Å². The normalized spacial score (nSPS) is 19.3. The van der Waals surface area contributed by atoms with E-state index < -0.39 is 10.0 Å². The van der Waals surface area contributed by atoms with Gasteiger partial charge in [-0.15, -0.1) is 0 Å². The first-order chi connectivity index (χ1) is 13.5. The third kappa shape index (κ3) is 3.82. The van der Waals surface area contributed by atoms with Gasteiger partial charge < -0.3 is 10.1 Å². The van der Waals surface area contributed by atoms with Crippen molar-refractivity contribution in [2.24, 2.45) is 5.92 Å². The van der Waals surface area contributed by atoms with Gasteiger partial charge >= 0.3 is 0 Å². The van der Waals surface area contributed by atoms with Gasteiger partial charge in [-0.05, 0) is 43.9 Å². The molecule has 1 amide bonds. The van der Waals surface area contributed by atoms with Crippen LogP contribution in [0.5, 0.6) is 0 Å². The average molecular weight is 404 g/mol. The van der Waals surface area contributed by atoms with Crippen molar-refractivity contribution in [3.8, 4) is 0 Å². The van der Waals surface area contributed by atoms with E-state index >= 15 is 0 Å². The van der Waals surface area contributed by atoms with Gasteiger partial charge in [0.15, 0.2) is 0 Å². The average Bonchev–Trinajstić information content (AvgIpc) is 3.47. The van der Waals surface area contributed by atoms with E-state index in [2.05, 4.69) is 17.3 Å². The minimum atomic E-state index is -3.65. The van der Waals surface area contributed by atoms with Crippen LogP contribution in [0.15, 0.2) is 41.4 Å². The van der Waals surface area contributed by atoms with E-state index in [0.29, 0.717) is 43.6 Å². The first kappa shape index (κ1) is 19.1. The van der Waals surface area contributed by atoms with Crippen molar-refractivity contribution in [3.05, 3.63) is 42.1 Å². The number of nitrogens with one attached hydrogen (secondary N) is 1. The number of ether oxygens (including phenoxy) is 1. The van der Waals surface area contributed by atoms with Crippen LogP contribution in [0.3, 0.4) is 0 Å². The van der Waals surface area contributed by atoms with Crippen LogP contribution in [-0.2, 0) is 14.8 Å². The molecule has 2 aliphatic rings. The molecule has 1 N–H and O–H groups in total. The molecular formula is C19H24N4O4S. The number of carbonyl (C=O) groups is 1. The number of sulfonamides is 1. The van der Waals surface area contributed by atoms with E-state index in [-0.39, 0.29) is 16.8 Å². The van der Waals surface area contributed by atoms with Crippen LogP contribution >= 0.6 is 0 Å². The second-order valence-corrected chi connectivity index (χ2v) is 9.18. The fraction of sp³-hybridized carbons (Fsp3) is 0.474. The molecule has 0 bridgehead atoms. The maximum Gasteiger partial charge on any atom is 0.256 e. The highest BCUT2D eigenvalue weighted by Gasteiger charge is 2.31. The Morgan fingerprint density at radius 3 is 2.71 bits per heavy atom. The Labute approximate surface area is 164 Å². The molecule has 8 nitrogen and oxygen atoms in total. The SMILES string of the molecule is C[C@@H](C1CC1)n1nccc1NC(=O)c1cccc(S(=O)(=O)N2CCOCC2)c1. The molecule has 1 aliphatic heterocycles. The molecule has 2 fully saturated rings. The quantitative estimate of drug-likeness (QED) is 0.796. The van der Waals surface area contributed by atoms with Crippen molar-refractivity contribution in [1.29, 1.82) is 0 Å². The lowest BCUT2D eigenvalue weighted by Crippen LogP contribution is -2.40. The molecule has 4 rings (SSSR count). The highest BCUT2D eigenvalue weighted by atomic mass is 32.2. The van der Waals surface area contributed by atoms with Crippen molar-refractivity contribution in [2.45, 2.75) is 30.7 Å². The van der Waals surface area contributed by atoms with Gasteiger partial charge in [-0.3, -0.25) is 4.79 Å². The predicted molar refractivity (Wildman–Crippen MR) is 104 cm³/mol. The molecule has 0 spiro atoms. The van der Waals surface area contributed by atoms with Crippen molar-refractivity contribution < 1.29 is 17.9 Å². The Kier molecular flexibility index (Phi) is 5.22. The lowest BCUT2D eigenvalue weighted by atomic mass is 10.2. The van der Waals surface area contributed by atoms with Crippen LogP contribution in [0.2, 0.25) is 0 Å². The Balaban J connectivity index is 1.53. The molecule has 1 aromatic heterocycles. The summed E-state index contributed by atoms with van der Waals surface area (Å²) in [4.78, 5) is 12.9. The zero-order valence-electron chi connectivity index (χ0n) is 15.7. The summed E-state index contributed by atoms with van der Waals surface area (Å²) in [6, 6.07) is 8.11. The predicted octanol–water partition coefficient (Wildman–Crippen LogP) is 2.13. The number of anilines is 1. The number of amides is 1. The smallest absolute Gasteiger partial charge is 0.256 e. The zero-order chi connectivity index (χ0) is 19.7. The van der Waals surface area contributed by atoms with Crippen LogP contribution in [0.25, 0.3) is 0 Å². The Bertz CT molecular complexity index is 962. The third-order valence-electron chi connectivity index (χ3n) is 5.31. The maximum atomic E-state index is 12.8. The maximum absolute atomic E-state index is 12.8. The molecule has 150 valence electrons. The van der Waals surface area contributed by atoms with Crippen LogP contribution < -0.4 is 5.32 Å². The van der Waals surface area contributed by atoms with Gasteiger partial charge in [-0.2, -0.15) is 9.40 Å². The monoisotopic (exact) mass is 404 g/mol. The number of benzene rings is 1. The van der Waals surface area contributed by atoms with Crippen LogP contribution in [0.4, 0.5) is 5.82 Å². The van der Waals surface area contributed by atoms with E-state index in [0.717, 1.165) is 0 Å². The number of rotatable bonds is 6. The van der Waals surface area contributed by atoms with Crippen LogP contribution in [-0.4, -0.2) is 54.7 Å². The van der Waals surface area contributed by atoms with E-state index in [1.807, 2.05) is 4.68 Å². The van der Waals surface area contributed by atoms with Crippen molar-refractivity contribution in [1.82, 2.24) is 14.1 Å². The Morgan fingerprint density at radius 1 is 1.25 bits per heavy atom. The lowest BCUT2D eigenvalue weighted by molar-refractivity contribution is 0.0730. The van der Waals surface area contributed by atoms with Gasteiger partial charge in [-0.25, -0.2) is 13.1 Å². The molecule has 2 heterocycles. The Morgan fingerprint density at radius 2 is 2.00 bits per heavy atom. The summed E-state index contributed by atoms with van der Waals surface area (Å²) in [5.41, 5.74) is 0.293. The lowest BCUT2D eigenvalue weighted by Gasteiger charge is -2.26. The highest BCUT2D eigenvalue weighted by Crippen LogP contribution is 2.40. The molecule has 0 radical (unpaired) electrons. The van der Waals surface area contributed by atoms with Gasteiger partial charge in [0.2, 0.25) is 10.0 Å². The minimum Gasteiger partial charge on any atom is -0.379 e. The zero-order valence-corrected chi connectivity index (χ0v) is 16.6. The van der Waals surface area contributed by atoms with Gasteiger partial charge in [0.05, 0.1) is 30.3 Å². The fourth-order valence-corrected chi connectivity index (χ4v) is 4.89. The number of hydrogen-bond donors (Lipinski definition) is 1. The molecule has 1 saturated heterocycles. The van der Waals surface area contributed by atoms with Gasteiger partial charge in [0, 0.05) is 24.7 Å². The fourth-order valence-electron chi connectivity index (χ4n) is 3.44. The van der Waals surface area contributed by atoms with Crippen molar-refractivity contribution >= 4 is 21.7 Å². The minimum absolute atomic E-state index is 0.113.